The van der Waals surface area contributed by atoms with E-state index in [4.69, 9.17) is 4.74 Å². The van der Waals surface area contributed by atoms with Crippen molar-refractivity contribution in [3.05, 3.63) is 23.3 Å². The van der Waals surface area contributed by atoms with Crippen LogP contribution in [0, 0.1) is 5.92 Å². The van der Waals surface area contributed by atoms with E-state index >= 15 is 0 Å². The lowest BCUT2D eigenvalue weighted by molar-refractivity contribution is -0.142. The van der Waals surface area contributed by atoms with Gasteiger partial charge in [-0.05, 0) is 45.6 Å². The van der Waals surface area contributed by atoms with Gasteiger partial charge in [-0.25, -0.2) is 0 Å². The molecule has 0 aliphatic heterocycles. The summed E-state index contributed by atoms with van der Waals surface area (Å²) in [6.07, 6.45) is 17.4. The molecule has 0 aromatic carbocycles. The molecule has 0 saturated heterocycles. The molecule has 0 aromatic heterocycles. The van der Waals surface area contributed by atoms with Crippen molar-refractivity contribution in [2.75, 3.05) is 6.61 Å². The number of hydrogen-bond acceptors (Lipinski definition) is 2. The number of carbonyl (C=O) groups is 1. The molecule has 2 nitrogen and oxygen atoms in total. The summed E-state index contributed by atoms with van der Waals surface area (Å²) in [6, 6.07) is 0. The zero-order valence-corrected chi connectivity index (χ0v) is 17.5. The zero-order valence-electron chi connectivity index (χ0n) is 17.5. The van der Waals surface area contributed by atoms with E-state index in [1.54, 1.807) is 0 Å². The number of carbonyl (C=O) groups excluding carboxylic acids is 1. The largest absolute Gasteiger partial charge is 0.461 e. The smallest absolute Gasteiger partial charge is 0.306 e. The van der Waals surface area contributed by atoms with E-state index in [0.717, 1.165) is 19.3 Å². The van der Waals surface area contributed by atoms with Gasteiger partial charge in [0.05, 0.1) is 0 Å². The zero-order chi connectivity index (χ0) is 18.9. The van der Waals surface area contributed by atoms with Crippen LogP contribution in [0.25, 0.3) is 0 Å². The predicted octanol–water partition coefficient (Wildman–Crippen LogP) is 7.39. The molecule has 1 atom stereocenters. The van der Waals surface area contributed by atoms with Crippen molar-refractivity contribution in [3.63, 3.8) is 0 Å². The maximum atomic E-state index is 11.8. The Morgan fingerprint density at radius 2 is 1.44 bits per heavy atom. The van der Waals surface area contributed by atoms with Crippen molar-refractivity contribution < 1.29 is 9.53 Å². The van der Waals surface area contributed by atoms with Gasteiger partial charge in [0.25, 0.3) is 0 Å². The third-order valence-corrected chi connectivity index (χ3v) is 4.79. The van der Waals surface area contributed by atoms with Crippen LogP contribution in [0.1, 0.15) is 105 Å². The van der Waals surface area contributed by atoms with Gasteiger partial charge in [0.2, 0.25) is 0 Å². The first-order valence-electron chi connectivity index (χ1n) is 10.4. The standard InChI is InChI=1S/C23H42O2/c1-6-7-8-9-10-11-12-13-14-15-23(24)25-19-18-22(5)21(4)17-16-20(2)3/h16,18,21H,6-15,17,19H2,1-5H3/b22-18+/t21-/m0/s1. The average Bonchev–Trinajstić information content (AvgIpc) is 2.58. The lowest BCUT2D eigenvalue weighted by atomic mass is 9.98. The summed E-state index contributed by atoms with van der Waals surface area (Å²) in [5.74, 6) is 0.454. The molecule has 25 heavy (non-hydrogen) atoms. The van der Waals surface area contributed by atoms with Crippen molar-refractivity contribution in [1.82, 2.24) is 0 Å². The summed E-state index contributed by atoms with van der Waals surface area (Å²) >= 11 is 0. The molecule has 0 spiro atoms. The molecule has 0 heterocycles. The van der Waals surface area contributed by atoms with Crippen molar-refractivity contribution >= 4 is 5.97 Å². The summed E-state index contributed by atoms with van der Waals surface area (Å²) in [6.45, 7) is 11.3. The third kappa shape index (κ3) is 16.2. The SMILES string of the molecule is CCCCCCCCCCCC(=O)OC/C=C(\C)[C@@H](C)CC=C(C)C. The van der Waals surface area contributed by atoms with Crippen LogP contribution in [-0.2, 0) is 9.53 Å². The fourth-order valence-electron chi connectivity index (χ4n) is 2.72. The highest BCUT2D eigenvalue weighted by molar-refractivity contribution is 5.69. The molecule has 0 amide bonds. The first kappa shape index (κ1) is 23.9. The van der Waals surface area contributed by atoms with Gasteiger partial charge in [-0.1, -0.05) is 82.4 Å². The second kappa shape index (κ2) is 16.4. The fourth-order valence-corrected chi connectivity index (χ4v) is 2.72. The van der Waals surface area contributed by atoms with Gasteiger partial charge in [0.15, 0.2) is 0 Å². The summed E-state index contributed by atoms with van der Waals surface area (Å²) < 4.78 is 5.33. The highest BCUT2D eigenvalue weighted by Crippen LogP contribution is 2.15. The Labute approximate surface area is 157 Å². The predicted molar refractivity (Wildman–Crippen MR) is 110 cm³/mol. The Bertz CT molecular complexity index is 389. The van der Waals surface area contributed by atoms with Crippen LogP contribution < -0.4 is 0 Å². The van der Waals surface area contributed by atoms with Crippen molar-refractivity contribution in [1.29, 1.82) is 0 Å². The van der Waals surface area contributed by atoms with Crippen LogP contribution in [-0.4, -0.2) is 12.6 Å². The number of allylic oxidation sites excluding steroid dienone is 3. The maximum absolute atomic E-state index is 11.8. The normalized spacial score (nSPS) is 12.8. The van der Waals surface area contributed by atoms with E-state index in [1.165, 1.54) is 56.1 Å². The quantitative estimate of drug-likeness (QED) is 0.175. The van der Waals surface area contributed by atoms with Crippen LogP contribution in [0.3, 0.4) is 0 Å². The molecular weight excluding hydrogens is 308 g/mol. The molecular formula is C23H42O2. The number of hydrogen-bond donors (Lipinski definition) is 0. The number of rotatable bonds is 15. The van der Waals surface area contributed by atoms with Gasteiger partial charge in [-0.2, -0.15) is 0 Å². The molecule has 0 bridgehead atoms. The molecule has 0 N–H and O–H groups in total. The molecule has 0 aliphatic rings. The maximum Gasteiger partial charge on any atom is 0.306 e. The summed E-state index contributed by atoms with van der Waals surface area (Å²) in [5, 5.41) is 0. The highest BCUT2D eigenvalue weighted by atomic mass is 16.5. The topological polar surface area (TPSA) is 26.3 Å². The minimum absolute atomic E-state index is 0.0519. The summed E-state index contributed by atoms with van der Waals surface area (Å²) in [5.41, 5.74) is 2.65. The van der Waals surface area contributed by atoms with Crippen molar-refractivity contribution in [3.8, 4) is 0 Å². The summed E-state index contributed by atoms with van der Waals surface area (Å²) in [4.78, 5) is 11.8. The molecule has 0 fully saturated rings. The van der Waals surface area contributed by atoms with Gasteiger partial charge in [-0.15, -0.1) is 0 Å². The van der Waals surface area contributed by atoms with Gasteiger partial charge >= 0.3 is 5.97 Å². The van der Waals surface area contributed by atoms with Gasteiger partial charge in [-0.3, -0.25) is 4.79 Å². The Hall–Kier alpha value is -1.05. The highest BCUT2D eigenvalue weighted by Gasteiger charge is 2.04. The summed E-state index contributed by atoms with van der Waals surface area (Å²) in [7, 11) is 0. The lowest BCUT2D eigenvalue weighted by Crippen LogP contribution is -2.05. The van der Waals surface area contributed by atoms with Crippen LogP contribution in [0.15, 0.2) is 23.3 Å². The van der Waals surface area contributed by atoms with Crippen LogP contribution >= 0.6 is 0 Å². The number of esters is 1. The molecule has 0 radical (unpaired) electrons. The minimum atomic E-state index is -0.0519. The van der Waals surface area contributed by atoms with E-state index in [-0.39, 0.29) is 5.97 Å². The first-order valence-corrected chi connectivity index (χ1v) is 10.4. The Kier molecular flexibility index (Phi) is 15.7. The van der Waals surface area contributed by atoms with Gasteiger partial charge in [0, 0.05) is 6.42 Å². The van der Waals surface area contributed by atoms with E-state index < -0.39 is 0 Å². The Morgan fingerprint density at radius 1 is 0.880 bits per heavy atom. The van der Waals surface area contributed by atoms with Crippen molar-refractivity contribution in [2.45, 2.75) is 105 Å². The first-order chi connectivity index (χ1) is 12.0. The van der Waals surface area contributed by atoms with E-state index in [1.807, 2.05) is 0 Å². The van der Waals surface area contributed by atoms with Crippen molar-refractivity contribution in [2.24, 2.45) is 5.92 Å². The Morgan fingerprint density at radius 3 is 2.00 bits per heavy atom. The van der Waals surface area contributed by atoms with Crippen LogP contribution in [0.5, 0.6) is 0 Å². The van der Waals surface area contributed by atoms with Crippen LogP contribution in [0.2, 0.25) is 0 Å². The van der Waals surface area contributed by atoms with E-state index in [0.29, 0.717) is 18.9 Å². The van der Waals surface area contributed by atoms with Gasteiger partial charge < -0.3 is 4.74 Å². The molecule has 146 valence electrons. The van der Waals surface area contributed by atoms with Crippen LogP contribution in [0.4, 0.5) is 0 Å². The average molecular weight is 351 g/mol. The van der Waals surface area contributed by atoms with E-state index in [2.05, 4.69) is 46.8 Å². The second-order valence-electron chi connectivity index (χ2n) is 7.63. The van der Waals surface area contributed by atoms with E-state index in [9.17, 15) is 4.79 Å². The second-order valence-corrected chi connectivity index (χ2v) is 7.63. The molecule has 0 aromatic rings. The number of unbranched alkanes of at least 4 members (excludes halogenated alkanes) is 8. The molecule has 0 saturated carbocycles. The molecule has 2 heteroatoms. The monoisotopic (exact) mass is 350 g/mol. The Balaban J connectivity index is 3.63. The molecule has 0 rings (SSSR count). The minimum Gasteiger partial charge on any atom is -0.461 e. The lowest BCUT2D eigenvalue weighted by Gasteiger charge is -2.10. The number of ether oxygens (including phenoxy) is 1. The van der Waals surface area contributed by atoms with Gasteiger partial charge in [0.1, 0.15) is 6.61 Å². The molecule has 0 aliphatic carbocycles. The fraction of sp³-hybridized carbons (Fsp3) is 0.783. The third-order valence-electron chi connectivity index (χ3n) is 4.79. The molecule has 0 unspecified atom stereocenters.